The zero-order valence-corrected chi connectivity index (χ0v) is 19.0. The minimum Gasteiger partial charge on any atom is -0.338 e. The summed E-state index contributed by atoms with van der Waals surface area (Å²) in [5.41, 5.74) is 1.81. The van der Waals surface area contributed by atoms with Crippen molar-refractivity contribution in [2.45, 2.75) is 45.1 Å². The molecular weight excluding hydrogens is 432 g/mol. The van der Waals surface area contributed by atoms with E-state index in [1.165, 1.54) is 36.3 Å². The summed E-state index contributed by atoms with van der Waals surface area (Å²) in [7, 11) is 0. The van der Waals surface area contributed by atoms with E-state index in [4.69, 9.17) is 0 Å². The van der Waals surface area contributed by atoms with Gasteiger partial charge in [0, 0.05) is 25.6 Å². The number of hydrogen-bond acceptors (Lipinski definition) is 4. The highest BCUT2D eigenvalue weighted by Crippen LogP contribution is 2.28. The van der Waals surface area contributed by atoms with Crippen LogP contribution in [0.5, 0.6) is 0 Å². The highest BCUT2D eigenvalue weighted by atomic mass is 35.5. The molecule has 1 aromatic heterocycles. The lowest BCUT2D eigenvalue weighted by atomic mass is 10.0. The minimum atomic E-state index is -0.236. The van der Waals surface area contributed by atoms with Crippen LogP contribution < -0.4 is 5.32 Å². The van der Waals surface area contributed by atoms with Gasteiger partial charge in [0.15, 0.2) is 0 Å². The highest BCUT2D eigenvalue weighted by Gasteiger charge is 2.28. The molecule has 2 heterocycles. The summed E-state index contributed by atoms with van der Waals surface area (Å²) in [5.74, 6) is 0.764. The molecule has 1 aliphatic carbocycles. The number of piperidine rings is 1. The van der Waals surface area contributed by atoms with E-state index < -0.39 is 0 Å². The van der Waals surface area contributed by atoms with Crippen LogP contribution in [0.3, 0.4) is 0 Å². The SMILES string of the molecule is Cc1nc(Cc2ccc(F)cc2)sc1C(=O)N1CCC(NCC2CC2)CC1.Cl.Cl. The van der Waals surface area contributed by atoms with Gasteiger partial charge in [-0.3, -0.25) is 4.79 Å². The van der Waals surface area contributed by atoms with Gasteiger partial charge in [-0.15, -0.1) is 36.2 Å². The lowest BCUT2D eigenvalue weighted by Crippen LogP contribution is -2.45. The number of carbonyl (C=O) groups excluding carboxylic acids is 1. The molecule has 2 aliphatic rings. The molecule has 4 nitrogen and oxygen atoms in total. The molecule has 0 radical (unpaired) electrons. The Morgan fingerprint density at radius 1 is 1.17 bits per heavy atom. The first kappa shape index (κ1) is 24.1. The van der Waals surface area contributed by atoms with Crippen LogP contribution in [-0.2, 0) is 6.42 Å². The molecular formula is C21H28Cl2FN3OS. The molecule has 1 amide bonds. The zero-order chi connectivity index (χ0) is 18.8. The van der Waals surface area contributed by atoms with Crippen LogP contribution in [0.4, 0.5) is 4.39 Å². The quantitative estimate of drug-likeness (QED) is 0.684. The number of nitrogens with zero attached hydrogens (tertiary/aromatic N) is 2. The molecule has 1 aromatic carbocycles. The number of rotatable bonds is 6. The molecule has 160 valence electrons. The number of carbonyl (C=O) groups is 1. The van der Waals surface area contributed by atoms with Crippen molar-refractivity contribution in [1.82, 2.24) is 15.2 Å². The van der Waals surface area contributed by atoms with Crippen molar-refractivity contribution in [3.8, 4) is 0 Å². The minimum absolute atomic E-state index is 0. The van der Waals surface area contributed by atoms with E-state index in [2.05, 4.69) is 10.3 Å². The van der Waals surface area contributed by atoms with Crippen LogP contribution in [0.25, 0.3) is 0 Å². The summed E-state index contributed by atoms with van der Waals surface area (Å²) in [4.78, 5) is 20.2. The average Bonchev–Trinajstić information content (AvgIpc) is 3.44. The Balaban J connectivity index is 0.00000150. The second-order valence-corrected chi connectivity index (χ2v) is 8.83. The molecule has 0 unspecified atom stereocenters. The molecule has 0 spiro atoms. The summed E-state index contributed by atoms with van der Waals surface area (Å²) in [6.45, 7) is 4.67. The third-order valence-corrected chi connectivity index (χ3v) is 6.62. The van der Waals surface area contributed by atoms with E-state index in [9.17, 15) is 9.18 Å². The maximum absolute atomic E-state index is 13.1. The number of likely N-dealkylation sites (tertiary alicyclic amines) is 1. The van der Waals surface area contributed by atoms with Crippen LogP contribution in [0.2, 0.25) is 0 Å². The van der Waals surface area contributed by atoms with E-state index in [-0.39, 0.29) is 36.5 Å². The fourth-order valence-electron chi connectivity index (χ4n) is 3.59. The van der Waals surface area contributed by atoms with E-state index >= 15 is 0 Å². The smallest absolute Gasteiger partial charge is 0.265 e. The summed E-state index contributed by atoms with van der Waals surface area (Å²) in [6, 6.07) is 7.01. The number of amides is 1. The van der Waals surface area contributed by atoms with Crippen LogP contribution in [-0.4, -0.2) is 41.5 Å². The Morgan fingerprint density at radius 2 is 1.83 bits per heavy atom. The lowest BCUT2D eigenvalue weighted by molar-refractivity contribution is 0.0709. The number of aromatic nitrogens is 1. The third-order valence-electron chi connectivity index (χ3n) is 5.48. The first-order valence-corrected chi connectivity index (χ1v) is 10.6. The first-order valence-electron chi connectivity index (χ1n) is 9.82. The van der Waals surface area contributed by atoms with Crippen LogP contribution in [0.1, 0.15) is 51.6 Å². The summed E-state index contributed by atoms with van der Waals surface area (Å²) >= 11 is 1.47. The molecule has 8 heteroatoms. The predicted molar refractivity (Wildman–Crippen MR) is 120 cm³/mol. The van der Waals surface area contributed by atoms with Crippen LogP contribution in [0, 0.1) is 18.7 Å². The van der Waals surface area contributed by atoms with E-state index in [1.54, 1.807) is 12.1 Å². The van der Waals surface area contributed by atoms with Crippen molar-refractivity contribution in [2.75, 3.05) is 19.6 Å². The Kier molecular flexibility index (Phi) is 8.89. The van der Waals surface area contributed by atoms with Crippen molar-refractivity contribution in [2.24, 2.45) is 5.92 Å². The number of aryl methyl sites for hydroxylation is 1. The van der Waals surface area contributed by atoms with Gasteiger partial charge in [0.05, 0.1) is 10.7 Å². The predicted octanol–water partition coefficient (Wildman–Crippen LogP) is 4.63. The fraction of sp³-hybridized carbons (Fsp3) is 0.524. The molecule has 29 heavy (non-hydrogen) atoms. The Bertz CT molecular complexity index is 803. The van der Waals surface area contributed by atoms with Gasteiger partial charge in [0.25, 0.3) is 5.91 Å². The normalized spacial score (nSPS) is 16.8. The zero-order valence-electron chi connectivity index (χ0n) is 16.5. The van der Waals surface area contributed by atoms with Crippen molar-refractivity contribution in [3.63, 3.8) is 0 Å². The van der Waals surface area contributed by atoms with Gasteiger partial charge in [0.2, 0.25) is 0 Å². The first-order chi connectivity index (χ1) is 13.1. The van der Waals surface area contributed by atoms with Gasteiger partial charge < -0.3 is 10.2 Å². The molecule has 2 fully saturated rings. The summed E-state index contributed by atoms with van der Waals surface area (Å²) in [5, 5.41) is 4.56. The van der Waals surface area contributed by atoms with Gasteiger partial charge in [-0.05, 0) is 62.8 Å². The number of nitrogens with one attached hydrogen (secondary N) is 1. The maximum Gasteiger partial charge on any atom is 0.265 e. The van der Waals surface area contributed by atoms with Gasteiger partial charge in [0.1, 0.15) is 10.7 Å². The second kappa shape index (κ2) is 10.7. The largest absolute Gasteiger partial charge is 0.338 e. The number of thiazole rings is 1. The number of halogens is 3. The Hall–Kier alpha value is -1.21. The molecule has 0 bridgehead atoms. The van der Waals surface area contributed by atoms with Crippen molar-refractivity contribution < 1.29 is 9.18 Å². The van der Waals surface area contributed by atoms with Gasteiger partial charge in [-0.25, -0.2) is 9.37 Å². The van der Waals surface area contributed by atoms with Crippen LogP contribution in [0.15, 0.2) is 24.3 Å². The van der Waals surface area contributed by atoms with Gasteiger partial charge in [-0.1, -0.05) is 12.1 Å². The second-order valence-electron chi connectivity index (χ2n) is 7.74. The van der Waals surface area contributed by atoms with Crippen molar-refractivity contribution in [1.29, 1.82) is 0 Å². The monoisotopic (exact) mass is 459 g/mol. The summed E-state index contributed by atoms with van der Waals surface area (Å²) in [6.07, 6.45) is 5.42. The molecule has 1 N–H and O–H groups in total. The van der Waals surface area contributed by atoms with E-state index in [0.29, 0.717) is 12.5 Å². The third kappa shape index (κ3) is 6.38. The molecule has 1 saturated heterocycles. The standard InChI is InChI=1S/C21H26FN3OS.2ClH/c1-14-20(27-19(24-14)12-15-4-6-17(22)7-5-15)21(26)25-10-8-18(9-11-25)23-13-16-2-3-16;;/h4-7,16,18,23H,2-3,8-13H2,1H3;2*1H. The maximum atomic E-state index is 13.1. The average molecular weight is 460 g/mol. The molecule has 1 aliphatic heterocycles. The highest BCUT2D eigenvalue weighted by molar-refractivity contribution is 7.13. The van der Waals surface area contributed by atoms with E-state index in [1.807, 2.05) is 11.8 Å². The Morgan fingerprint density at radius 3 is 2.45 bits per heavy atom. The topological polar surface area (TPSA) is 45.2 Å². The molecule has 4 rings (SSSR count). The molecule has 0 atom stereocenters. The van der Waals surface area contributed by atoms with Crippen molar-refractivity contribution >= 4 is 42.1 Å². The number of hydrogen-bond donors (Lipinski definition) is 1. The van der Waals surface area contributed by atoms with Crippen LogP contribution >= 0.6 is 36.2 Å². The van der Waals surface area contributed by atoms with Gasteiger partial charge >= 0.3 is 0 Å². The molecule has 2 aromatic rings. The van der Waals surface area contributed by atoms with Crippen molar-refractivity contribution in [3.05, 3.63) is 51.2 Å². The number of benzene rings is 1. The molecule has 1 saturated carbocycles. The summed E-state index contributed by atoms with van der Waals surface area (Å²) < 4.78 is 13.1. The fourth-order valence-corrected chi connectivity index (χ4v) is 4.66. The Labute approximate surface area is 188 Å². The van der Waals surface area contributed by atoms with Gasteiger partial charge in [-0.2, -0.15) is 0 Å². The van der Waals surface area contributed by atoms with E-state index in [0.717, 1.165) is 59.5 Å². The lowest BCUT2D eigenvalue weighted by Gasteiger charge is -2.32.